The number of alkyl carbamates (subject to hydrolysis) is 1. The Bertz CT molecular complexity index is 912. The Morgan fingerprint density at radius 3 is 2.47 bits per heavy atom. The van der Waals surface area contributed by atoms with Crippen LogP contribution in [0.3, 0.4) is 0 Å². The summed E-state index contributed by atoms with van der Waals surface area (Å²) in [5.74, 6) is -2.53. The summed E-state index contributed by atoms with van der Waals surface area (Å²) in [6.45, 7) is 6.74. The highest BCUT2D eigenvalue weighted by atomic mass is 19.1. The van der Waals surface area contributed by atoms with Crippen LogP contribution in [0.25, 0.3) is 0 Å². The van der Waals surface area contributed by atoms with E-state index in [2.05, 4.69) is 20.9 Å². The molecule has 7 N–H and O–H groups in total. The summed E-state index contributed by atoms with van der Waals surface area (Å²) in [7, 11) is 0. The van der Waals surface area contributed by atoms with Crippen molar-refractivity contribution < 1.29 is 23.8 Å². The van der Waals surface area contributed by atoms with E-state index in [-0.39, 0.29) is 35.0 Å². The molecule has 1 aromatic rings. The monoisotopic (exact) mass is 450 g/mol. The third kappa shape index (κ3) is 7.40. The number of amides is 2. The van der Waals surface area contributed by atoms with E-state index < -0.39 is 29.3 Å². The Morgan fingerprint density at radius 1 is 1.28 bits per heavy atom. The van der Waals surface area contributed by atoms with Gasteiger partial charge in [0, 0.05) is 17.8 Å². The molecule has 11 heteroatoms. The number of aromatic nitrogens is 1. The number of nitrogens with two attached hydrogens (primary N) is 1. The lowest BCUT2D eigenvalue weighted by Crippen LogP contribution is -2.50. The molecule has 2 atom stereocenters. The Hall–Kier alpha value is -3.37. The highest BCUT2D eigenvalue weighted by molar-refractivity contribution is 5.98. The third-order valence-corrected chi connectivity index (χ3v) is 4.63. The molecule has 32 heavy (non-hydrogen) atoms. The van der Waals surface area contributed by atoms with Crippen molar-refractivity contribution in [1.29, 1.82) is 5.41 Å². The molecule has 0 unspecified atom stereocenters. The first-order valence-corrected chi connectivity index (χ1v) is 10.3. The van der Waals surface area contributed by atoms with Crippen molar-refractivity contribution >= 4 is 29.3 Å². The van der Waals surface area contributed by atoms with Crippen LogP contribution in [0.5, 0.6) is 0 Å². The number of carbonyl (C=O) groups is 2. The van der Waals surface area contributed by atoms with Crippen LogP contribution < -0.4 is 21.7 Å². The largest absolute Gasteiger partial charge is 0.494 e. The second kappa shape index (κ2) is 10.3. The number of ether oxygens (including phenoxy) is 1. The summed E-state index contributed by atoms with van der Waals surface area (Å²) in [4.78, 5) is 28.0. The van der Waals surface area contributed by atoms with Gasteiger partial charge < -0.3 is 36.9 Å². The topological polar surface area (TPSA) is 162 Å². The van der Waals surface area contributed by atoms with Gasteiger partial charge >= 0.3 is 6.09 Å². The summed E-state index contributed by atoms with van der Waals surface area (Å²) >= 11 is 0. The van der Waals surface area contributed by atoms with Crippen LogP contribution in [0.2, 0.25) is 0 Å². The maximum Gasteiger partial charge on any atom is 0.407 e. The van der Waals surface area contributed by atoms with Crippen molar-refractivity contribution in [2.45, 2.75) is 71.1 Å². The third-order valence-electron chi connectivity index (χ3n) is 4.63. The van der Waals surface area contributed by atoms with Crippen LogP contribution in [-0.2, 0) is 4.74 Å². The van der Waals surface area contributed by atoms with Gasteiger partial charge in [0.05, 0.1) is 11.6 Å². The van der Waals surface area contributed by atoms with Gasteiger partial charge in [-0.25, -0.2) is 14.2 Å². The van der Waals surface area contributed by atoms with Crippen molar-refractivity contribution in [3.63, 3.8) is 0 Å². The SMILES string of the molecule is CC(=N)/C=C(\O)Nc1nc(N[C@@H]2CCCC[C@@H]2NC(=O)OC(C)(C)C)c(F)cc1C(N)=O. The Morgan fingerprint density at radius 2 is 1.91 bits per heavy atom. The van der Waals surface area contributed by atoms with Crippen LogP contribution >= 0.6 is 0 Å². The minimum atomic E-state index is -0.938. The van der Waals surface area contributed by atoms with E-state index in [1.165, 1.54) is 6.92 Å². The minimum Gasteiger partial charge on any atom is -0.494 e. The average Bonchev–Trinajstić information content (AvgIpc) is 2.63. The van der Waals surface area contributed by atoms with Gasteiger partial charge in [-0.1, -0.05) is 12.8 Å². The molecule has 1 aliphatic carbocycles. The van der Waals surface area contributed by atoms with Crippen LogP contribution in [0.4, 0.5) is 20.8 Å². The molecule has 0 aromatic carbocycles. The first-order chi connectivity index (χ1) is 14.9. The number of nitrogens with zero attached hydrogens (tertiary/aromatic N) is 1. The number of aliphatic hydroxyl groups excluding tert-OH is 1. The van der Waals surface area contributed by atoms with E-state index in [9.17, 15) is 19.1 Å². The lowest BCUT2D eigenvalue weighted by Gasteiger charge is -2.34. The quantitative estimate of drug-likeness (QED) is 0.274. The van der Waals surface area contributed by atoms with Crippen LogP contribution in [0.1, 0.15) is 63.7 Å². The lowest BCUT2D eigenvalue weighted by atomic mass is 9.90. The highest BCUT2D eigenvalue weighted by Crippen LogP contribution is 2.26. The molecule has 2 amide bonds. The molecule has 1 heterocycles. The van der Waals surface area contributed by atoms with E-state index in [1.54, 1.807) is 20.8 Å². The van der Waals surface area contributed by atoms with E-state index >= 15 is 0 Å². The molecular formula is C21H31FN6O4. The number of anilines is 2. The zero-order valence-electron chi connectivity index (χ0n) is 18.7. The number of allylic oxidation sites excluding steroid dienone is 1. The maximum absolute atomic E-state index is 14.7. The van der Waals surface area contributed by atoms with E-state index in [1.807, 2.05) is 0 Å². The average molecular weight is 451 g/mol. The van der Waals surface area contributed by atoms with E-state index in [0.717, 1.165) is 25.0 Å². The maximum atomic E-state index is 14.7. The van der Waals surface area contributed by atoms with Gasteiger partial charge in [0.15, 0.2) is 17.5 Å². The summed E-state index contributed by atoms with van der Waals surface area (Å²) in [5, 5.41) is 25.6. The summed E-state index contributed by atoms with van der Waals surface area (Å²) in [6, 6.07) is 0.267. The number of halogens is 1. The van der Waals surface area contributed by atoms with Crippen molar-refractivity contribution in [2.24, 2.45) is 5.73 Å². The predicted octanol–water partition coefficient (Wildman–Crippen LogP) is 3.42. The van der Waals surface area contributed by atoms with Gasteiger partial charge in [0.2, 0.25) is 0 Å². The molecular weight excluding hydrogens is 419 g/mol. The predicted molar refractivity (Wildman–Crippen MR) is 119 cm³/mol. The van der Waals surface area contributed by atoms with Crippen molar-refractivity contribution in [3.8, 4) is 0 Å². The fourth-order valence-electron chi connectivity index (χ4n) is 3.35. The van der Waals surface area contributed by atoms with Gasteiger partial charge in [-0.05, 0) is 46.6 Å². The summed E-state index contributed by atoms with van der Waals surface area (Å²) in [6.07, 6.45) is 3.63. The van der Waals surface area contributed by atoms with E-state index in [0.29, 0.717) is 12.8 Å². The van der Waals surface area contributed by atoms with Gasteiger partial charge in [0.1, 0.15) is 11.4 Å². The second-order valence-electron chi connectivity index (χ2n) is 8.70. The molecule has 0 spiro atoms. The number of rotatable bonds is 7. The summed E-state index contributed by atoms with van der Waals surface area (Å²) < 4.78 is 20.0. The first-order valence-electron chi connectivity index (χ1n) is 10.3. The van der Waals surface area contributed by atoms with Crippen LogP contribution in [0, 0.1) is 11.2 Å². The number of hydrogen-bond donors (Lipinski definition) is 6. The second-order valence-corrected chi connectivity index (χ2v) is 8.70. The molecule has 0 bridgehead atoms. The molecule has 1 aliphatic rings. The van der Waals surface area contributed by atoms with Gasteiger partial charge in [-0.3, -0.25) is 4.79 Å². The molecule has 1 saturated carbocycles. The number of carbonyl (C=O) groups excluding carboxylic acids is 2. The van der Waals surface area contributed by atoms with Gasteiger partial charge in [-0.2, -0.15) is 0 Å². The summed E-state index contributed by atoms with van der Waals surface area (Å²) in [5.41, 5.74) is 4.45. The number of primary amides is 1. The molecule has 0 radical (unpaired) electrons. The minimum absolute atomic E-state index is 0.0503. The van der Waals surface area contributed by atoms with Crippen molar-refractivity contribution in [3.05, 3.63) is 29.4 Å². The molecule has 1 aromatic heterocycles. The zero-order valence-corrected chi connectivity index (χ0v) is 18.7. The highest BCUT2D eigenvalue weighted by Gasteiger charge is 2.30. The standard InChI is InChI=1S/C21H31FN6O4/c1-11(23)9-16(29)27-18-12(17(24)30)10-13(22)19(28-18)25-14-7-5-6-8-15(14)26-20(31)32-21(2,3)4/h9-10,14-15,23,29H,5-8H2,1-4H3,(H2,24,30)(H,26,31)(H2,25,27,28)/b16-9-,23-11?/t14-,15+/m1/s1. The lowest BCUT2D eigenvalue weighted by molar-refractivity contribution is 0.0488. The molecule has 0 saturated heterocycles. The van der Waals surface area contributed by atoms with Gasteiger partial charge in [0.25, 0.3) is 5.91 Å². The number of hydrogen-bond acceptors (Lipinski definition) is 8. The molecule has 176 valence electrons. The van der Waals surface area contributed by atoms with E-state index in [4.69, 9.17) is 15.9 Å². The van der Waals surface area contributed by atoms with Crippen molar-refractivity contribution in [2.75, 3.05) is 10.6 Å². The van der Waals surface area contributed by atoms with Crippen molar-refractivity contribution in [1.82, 2.24) is 10.3 Å². The normalized spacial score (nSPS) is 19.1. The van der Waals surface area contributed by atoms with Crippen LogP contribution in [-0.4, -0.2) is 45.5 Å². The Labute approximate surface area is 186 Å². The van der Waals surface area contributed by atoms with Gasteiger partial charge in [-0.15, -0.1) is 0 Å². The zero-order chi connectivity index (χ0) is 24.1. The molecule has 1 fully saturated rings. The number of pyridine rings is 1. The number of nitrogens with one attached hydrogen (secondary N) is 4. The smallest absolute Gasteiger partial charge is 0.407 e. The number of aliphatic hydroxyl groups is 1. The fraction of sp³-hybridized carbons (Fsp3) is 0.524. The first kappa shape index (κ1) is 24.9. The van der Waals surface area contributed by atoms with Crippen LogP contribution in [0.15, 0.2) is 18.0 Å². The molecule has 10 nitrogen and oxygen atoms in total. The molecule has 0 aliphatic heterocycles. The Balaban J connectivity index is 2.27. The Kier molecular flexibility index (Phi) is 8.01. The fourth-order valence-corrected chi connectivity index (χ4v) is 3.35. The molecule has 2 rings (SSSR count).